The molecule has 158 valence electrons. The summed E-state index contributed by atoms with van der Waals surface area (Å²) >= 11 is 5.83. The van der Waals surface area contributed by atoms with E-state index in [0.717, 1.165) is 11.1 Å². The van der Waals surface area contributed by atoms with Crippen molar-refractivity contribution in [1.29, 1.82) is 0 Å². The Morgan fingerprint density at radius 1 is 1.00 bits per heavy atom. The number of benzene rings is 3. The molecule has 0 saturated carbocycles. The van der Waals surface area contributed by atoms with Gasteiger partial charge in [0.25, 0.3) is 0 Å². The summed E-state index contributed by atoms with van der Waals surface area (Å²) in [5.41, 5.74) is 0.524. The van der Waals surface area contributed by atoms with Crippen LogP contribution in [0.5, 0.6) is 5.75 Å². The van der Waals surface area contributed by atoms with Gasteiger partial charge in [0.05, 0.1) is 10.9 Å². The second kappa shape index (κ2) is 8.12. The fourth-order valence-electron chi connectivity index (χ4n) is 3.27. The highest BCUT2D eigenvalue weighted by Crippen LogP contribution is 2.38. The molecule has 1 heterocycles. The van der Waals surface area contributed by atoms with Gasteiger partial charge in [-0.3, -0.25) is 4.79 Å². The first-order chi connectivity index (χ1) is 14.7. The lowest BCUT2D eigenvalue weighted by Crippen LogP contribution is -2.16. The van der Waals surface area contributed by atoms with Gasteiger partial charge < -0.3 is 9.15 Å². The zero-order valence-electron chi connectivity index (χ0n) is 16.3. The van der Waals surface area contributed by atoms with Crippen LogP contribution in [0, 0.1) is 6.92 Å². The molecule has 0 spiro atoms. The predicted octanol–water partition coefficient (Wildman–Crippen LogP) is 7.02. The average molecular weight is 445 g/mol. The van der Waals surface area contributed by atoms with Gasteiger partial charge in [-0.1, -0.05) is 48.0 Å². The average Bonchev–Trinajstić information content (AvgIpc) is 2.73. The summed E-state index contributed by atoms with van der Waals surface area (Å²) in [5.74, 6) is -1.06. The Kier molecular flexibility index (Phi) is 5.50. The molecule has 4 aromatic rings. The molecule has 0 atom stereocenters. The van der Waals surface area contributed by atoms with Crippen molar-refractivity contribution in [2.24, 2.45) is 0 Å². The molecule has 7 heteroatoms. The summed E-state index contributed by atoms with van der Waals surface area (Å²) in [6, 6.07) is 17.4. The fourth-order valence-corrected chi connectivity index (χ4v) is 3.40. The first-order valence-corrected chi connectivity index (χ1v) is 9.73. The monoisotopic (exact) mass is 444 g/mol. The number of hydrogen-bond acceptors (Lipinski definition) is 3. The van der Waals surface area contributed by atoms with Crippen LogP contribution in [0.4, 0.5) is 13.2 Å². The van der Waals surface area contributed by atoms with Crippen LogP contribution in [0.25, 0.3) is 22.1 Å². The highest BCUT2D eigenvalue weighted by molar-refractivity contribution is 6.30. The van der Waals surface area contributed by atoms with Crippen LogP contribution in [-0.4, -0.2) is 0 Å². The summed E-state index contributed by atoms with van der Waals surface area (Å²) < 4.78 is 52.2. The molecule has 31 heavy (non-hydrogen) atoms. The summed E-state index contributed by atoms with van der Waals surface area (Å²) in [6.07, 6.45) is -4.86. The van der Waals surface area contributed by atoms with Gasteiger partial charge in [0.1, 0.15) is 17.9 Å². The molecule has 0 aliphatic rings. The van der Waals surface area contributed by atoms with Gasteiger partial charge in [0, 0.05) is 11.1 Å². The predicted molar refractivity (Wildman–Crippen MR) is 113 cm³/mol. The van der Waals surface area contributed by atoms with E-state index in [0.29, 0.717) is 10.8 Å². The van der Waals surface area contributed by atoms with Gasteiger partial charge in [-0.15, -0.1) is 0 Å². The van der Waals surface area contributed by atoms with Crippen molar-refractivity contribution >= 4 is 22.6 Å². The lowest BCUT2D eigenvalue weighted by molar-refractivity contribution is -0.152. The zero-order chi connectivity index (χ0) is 22.2. The number of halogens is 4. The Balaban J connectivity index is 1.80. The van der Waals surface area contributed by atoms with Crippen molar-refractivity contribution in [2.45, 2.75) is 19.7 Å². The molecule has 0 amide bonds. The van der Waals surface area contributed by atoms with Crippen LogP contribution in [-0.2, 0) is 12.8 Å². The number of alkyl halides is 3. The summed E-state index contributed by atoms with van der Waals surface area (Å²) in [5, 5.41) is 0.374. The minimum Gasteiger partial charge on any atom is -0.489 e. The van der Waals surface area contributed by atoms with Crippen molar-refractivity contribution in [3.05, 3.63) is 98.9 Å². The SMILES string of the molecule is Cc1ccccc1COc1ccc2c(=O)c(-c3ccc(Cl)cc3)c(C(F)(F)F)oc2c1. The summed E-state index contributed by atoms with van der Waals surface area (Å²) in [7, 11) is 0. The van der Waals surface area contributed by atoms with Gasteiger partial charge >= 0.3 is 6.18 Å². The van der Waals surface area contributed by atoms with Crippen molar-refractivity contribution in [2.75, 3.05) is 0 Å². The van der Waals surface area contributed by atoms with E-state index in [-0.39, 0.29) is 23.1 Å². The maximum absolute atomic E-state index is 13.7. The maximum Gasteiger partial charge on any atom is 0.450 e. The normalized spacial score (nSPS) is 11.6. The molecule has 4 rings (SSSR count). The van der Waals surface area contributed by atoms with Crippen LogP contribution >= 0.6 is 11.6 Å². The second-order valence-corrected chi connectivity index (χ2v) is 7.45. The van der Waals surface area contributed by atoms with Gasteiger partial charge in [-0.05, 0) is 47.9 Å². The molecule has 3 nitrogen and oxygen atoms in total. The van der Waals surface area contributed by atoms with Crippen molar-refractivity contribution in [3.63, 3.8) is 0 Å². The van der Waals surface area contributed by atoms with Crippen molar-refractivity contribution in [1.82, 2.24) is 0 Å². The molecule has 0 radical (unpaired) electrons. The maximum atomic E-state index is 13.7. The molecule has 0 unspecified atom stereocenters. The molecule has 1 aromatic heterocycles. The van der Waals surface area contributed by atoms with E-state index in [1.54, 1.807) is 0 Å². The van der Waals surface area contributed by atoms with E-state index in [2.05, 4.69) is 0 Å². The molecule has 0 fully saturated rings. The highest BCUT2D eigenvalue weighted by atomic mass is 35.5. The van der Waals surface area contributed by atoms with Gasteiger partial charge in [-0.2, -0.15) is 13.2 Å². The third kappa shape index (κ3) is 4.30. The number of aryl methyl sites for hydroxylation is 1. The Hall–Kier alpha value is -3.25. The lowest BCUT2D eigenvalue weighted by atomic mass is 10.0. The summed E-state index contributed by atoms with van der Waals surface area (Å²) in [4.78, 5) is 13.0. The smallest absolute Gasteiger partial charge is 0.450 e. The fraction of sp³-hybridized carbons (Fsp3) is 0.125. The zero-order valence-corrected chi connectivity index (χ0v) is 17.1. The molecule has 3 aromatic carbocycles. The van der Waals surface area contributed by atoms with Crippen LogP contribution in [0.15, 0.2) is 75.9 Å². The highest BCUT2D eigenvalue weighted by Gasteiger charge is 2.39. The van der Waals surface area contributed by atoms with E-state index in [9.17, 15) is 18.0 Å². The number of ether oxygens (including phenoxy) is 1. The molecule has 0 aliphatic carbocycles. The van der Waals surface area contributed by atoms with Crippen LogP contribution < -0.4 is 10.2 Å². The molecule has 0 bridgehead atoms. The second-order valence-electron chi connectivity index (χ2n) is 7.01. The Bertz CT molecular complexity index is 1310. The van der Waals surface area contributed by atoms with Gasteiger partial charge in [0.2, 0.25) is 11.2 Å². The molecule has 0 aliphatic heterocycles. The Labute approximate surface area is 180 Å². The van der Waals surface area contributed by atoms with Gasteiger partial charge in [0.15, 0.2) is 0 Å². The first-order valence-electron chi connectivity index (χ1n) is 9.35. The van der Waals surface area contributed by atoms with Gasteiger partial charge in [-0.25, -0.2) is 0 Å². The number of hydrogen-bond donors (Lipinski definition) is 0. The largest absolute Gasteiger partial charge is 0.489 e. The van der Waals surface area contributed by atoms with E-state index in [1.165, 1.54) is 42.5 Å². The lowest BCUT2D eigenvalue weighted by Gasteiger charge is -2.14. The molecular formula is C24H16ClF3O3. The Morgan fingerprint density at radius 3 is 2.39 bits per heavy atom. The minimum atomic E-state index is -4.86. The molecule has 0 saturated heterocycles. The minimum absolute atomic E-state index is 0.0289. The molecular weight excluding hydrogens is 429 g/mol. The third-order valence-corrected chi connectivity index (χ3v) is 5.16. The quantitative estimate of drug-likeness (QED) is 0.339. The van der Waals surface area contributed by atoms with Crippen molar-refractivity contribution in [3.8, 4) is 16.9 Å². The van der Waals surface area contributed by atoms with Crippen LogP contribution in [0.3, 0.4) is 0 Å². The first kappa shape index (κ1) is 21.0. The standard InChI is InChI=1S/C24H16ClF3O3/c1-14-4-2-3-5-16(14)13-30-18-10-11-19-20(12-18)31-23(24(26,27)28)21(22(19)29)15-6-8-17(25)9-7-15/h2-12H,13H2,1H3. The van der Waals surface area contributed by atoms with Crippen LogP contribution in [0.2, 0.25) is 5.02 Å². The third-order valence-electron chi connectivity index (χ3n) is 4.91. The van der Waals surface area contributed by atoms with E-state index < -0.39 is 22.9 Å². The van der Waals surface area contributed by atoms with E-state index in [4.69, 9.17) is 20.8 Å². The molecule has 0 N–H and O–H groups in total. The number of fused-ring (bicyclic) bond motifs is 1. The topological polar surface area (TPSA) is 39.4 Å². The number of rotatable bonds is 4. The van der Waals surface area contributed by atoms with Crippen LogP contribution in [0.1, 0.15) is 16.9 Å². The Morgan fingerprint density at radius 2 is 1.71 bits per heavy atom. The van der Waals surface area contributed by atoms with Crippen molar-refractivity contribution < 1.29 is 22.3 Å². The van der Waals surface area contributed by atoms with E-state index in [1.807, 2.05) is 31.2 Å². The summed E-state index contributed by atoms with van der Waals surface area (Å²) in [6.45, 7) is 2.17. The van der Waals surface area contributed by atoms with E-state index >= 15 is 0 Å².